The normalized spacial score (nSPS) is 30.3. The number of benzene rings is 1. The molecule has 0 radical (unpaired) electrons. The summed E-state index contributed by atoms with van der Waals surface area (Å²) in [6, 6.07) is 2.46. The predicted octanol–water partition coefficient (Wildman–Crippen LogP) is 1.40. The summed E-state index contributed by atoms with van der Waals surface area (Å²) in [5, 5.41) is 2.90. The van der Waals surface area contributed by atoms with Gasteiger partial charge in [0.15, 0.2) is 0 Å². The zero-order valence-electron chi connectivity index (χ0n) is 12.6. The van der Waals surface area contributed by atoms with Crippen LogP contribution in [0.25, 0.3) is 0 Å². The highest BCUT2D eigenvalue weighted by atomic mass is 32.2. The number of rotatable bonds is 4. The summed E-state index contributed by atoms with van der Waals surface area (Å²) in [5.74, 6) is -1.59. The van der Waals surface area contributed by atoms with E-state index < -0.39 is 26.6 Å². The highest BCUT2D eigenvalue weighted by molar-refractivity contribution is 7.89. The summed E-state index contributed by atoms with van der Waals surface area (Å²) in [4.78, 5) is 10.9. The van der Waals surface area contributed by atoms with Crippen LogP contribution in [-0.4, -0.2) is 26.9 Å². The zero-order valence-corrected chi connectivity index (χ0v) is 13.4. The van der Waals surface area contributed by atoms with Crippen LogP contribution in [0.15, 0.2) is 23.1 Å². The van der Waals surface area contributed by atoms with E-state index in [1.54, 1.807) is 0 Å². The molecule has 2 N–H and O–H groups in total. The van der Waals surface area contributed by atoms with Crippen molar-refractivity contribution in [2.45, 2.75) is 30.7 Å². The van der Waals surface area contributed by atoms with E-state index in [1.165, 1.54) is 0 Å². The van der Waals surface area contributed by atoms with Crippen LogP contribution in [0.3, 0.4) is 0 Å². The lowest BCUT2D eigenvalue weighted by atomic mass is 9.89. The van der Waals surface area contributed by atoms with Crippen LogP contribution in [-0.2, 0) is 14.8 Å². The van der Waals surface area contributed by atoms with E-state index in [0.717, 1.165) is 18.6 Å². The number of hydrogen-bond acceptors (Lipinski definition) is 3. The Morgan fingerprint density at radius 1 is 1.35 bits per heavy atom. The third kappa shape index (κ3) is 3.10. The van der Waals surface area contributed by atoms with Gasteiger partial charge in [-0.25, -0.2) is 21.9 Å². The SMILES string of the molecule is C[C@H]1C[C@H]2NC(=O)C[C@H]2[C@@H]1CNS(=O)(=O)c1ccc(F)cc1F. The third-order valence-electron chi connectivity index (χ3n) is 4.88. The second kappa shape index (κ2) is 5.83. The third-order valence-corrected chi connectivity index (χ3v) is 6.34. The van der Waals surface area contributed by atoms with Crippen molar-refractivity contribution in [3.8, 4) is 0 Å². The molecule has 1 saturated carbocycles. The van der Waals surface area contributed by atoms with Gasteiger partial charge in [0, 0.05) is 25.1 Å². The Kier molecular flexibility index (Phi) is 4.14. The Bertz CT molecular complexity index is 738. The molecule has 0 aromatic heterocycles. The standard InChI is InChI=1S/C15H18F2N2O3S/c1-8-4-13-10(6-15(20)19-13)11(8)7-18-23(21,22)14-3-2-9(16)5-12(14)17/h2-3,5,8,10-11,13,18H,4,6-7H2,1H3,(H,19,20)/t8-,10-,11+,13+/m0/s1. The average molecular weight is 344 g/mol. The van der Waals surface area contributed by atoms with Gasteiger partial charge in [0.25, 0.3) is 0 Å². The number of nitrogens with one attached hydrogen (secondary N) is 2. The van der Waals surface area contributed by atoms with Crippen molar-refractivity contribution in [3.05, 3.63) is 29.8 Å². The van der Waals surface area contributed by atoms with Gasteiger partial charge in [-0.15, -0.1) is 0 Å². The Labute approximate surface area is 133 Å². The van der Waals surface area contributed by atoms with Gasteiger partial charge in [-0.1, -0.05) is 6.92 Å². The fourth-order valence-electron chi connectivity index (χ4n) is 3.74. The maximum Gasteiger partial charge on any atom is 0.243 e. The second-order valence-electron chi connectivity index (χ2n) is 6.35. The largest absolute Gasteiger partial charge is 0.353 e. The summed E-state index contributed by atoms with van der Waals surface area (Å²) in [5.41, 5.74) is 0. The molecule has 4 atom stereocenters. The van der Waals surface area contributed by atoms with Crippen LogP contribution < -0.4 is 10.0 Å². The van der Waals surface area contributed by atoms with Crippen molar-refractivity contribution in [3.63, 3.8) is 0 Å². The van der Waals surface area contributed by atoms with E-state index in [4.69, 9.17) is 0 Å². The topological polar surface area (TPSA) is 75.3 Å². The number of hydrogen-bond donors (Lipinski definition) is 2. The summed E-state index contributed by atoms with van der Waals surface area (Å²) in [6.07, 6.45) is 1.21. The summed E-state index contributed by atoms with van der Waals surface area (Å²) >= 11 is 0. The Morgan fingerprint density at radius 3 is 2.78 bits per heavy atom. The molecule has 1 saturated heterocycles. The van der Waals surface area contributed by atoms with Crippen molar-refractivity contribution in [2.24, 2.45) is 17.8 Å². The lowest BCUT2D eigenvalue weighted by Crippen LogP contribution is -2.34. The molecule has 1 amide bonds. The monoisotopic (exact) mass is 344 g/mol. The fourth-order valence-corrected chi connectivity index (χ4v) is 4.87. The molecule has 0 spiro atoms. The van der Waals surface area contributed by atoms with Gasteiger partial charge in [0.1, 0.15) is 16.5 Å². The first-order valence-corrected chi connectivity index (χ1v) is 9.00. The number of halogens is 2. The van der Waals surface area contributed by atoms with Crippen LogP contribution in [0.4, 0.5) is 8.78 Å². The van der Waals surface area contributed by atoms with E-state index >= 15 is 0 Å². The number of carbonyl (C=O) groups excluding carboxylic acids is 1. The molecule has 2 aliphatic rings. The van der Waals surface area contributed by atoms with Crippen molar-refractivity contribution in [2.75, 3.05) is 6.54 Å². The van der Waals surface area contributed by atoms with E-state index in [9.17, 15) is 22.0 Å². The maximum absolute atomic E-state index is 13.7. The van der Waals surface area contributed by atoms with E-state index in [2.05, 4.69) is 10.0 Å². The lowest BCUT2D eigenvalue weighted by Gasteiger charge is -2.21. The molecule has 126 valence electrons. The van der Waals surface area contributed by atoms with Crippen molar-refractivity contribution >= 4 is 15.9 Å². The van der Waals surface area contributed by atoms with Gasteiger partial charge in [0.2, 0.25) is 15.9 Å². The average Bonchev–Trinajstić information content (AvgIpc) is 2.91. The molecule has 2 fully saturated rings. The van der Waals surface area contributed by atoms with Gasteiger partial charge in [-0.2, -0.15) is 0 Å². The van der Waals surface area contributed by atoms with Crippen molar-refractivity contribution < 1.29 is 22.0 Å². The Hall–Kier alpha value is -1.54. The first-order chi connectivity index (χ1) is 10.8. The summed E-state index contributed by atoms with van der Waals surface area (Å²) in [6.45, 7) is 2.15. The zero-order chi connectivity index (χ0) is 16.8. The Morgan fingerprint density at radius 2 is 2.09 bits per heavy atom. The molecule has 1 aromatic carbocycles. The van der Waals surface area contributed by atoms with Gasteiger partial charge >= 0.3 is 0 Å². The molecule has 1 aliphatic heterocycles. The number of carbonyl (C=O) groups is 1. The molecular formula is C15H18F2N2O3S. The summed E-state index contributed by atoms with van der Waals surface area (Å²) in [7, 11) is -4.06. The van der Waals surface area contributed by atoms with Crippen LogP contribution in [0, 0.1) is 29.4 Å². The molecule has 5 nitrogen and oxygen atoms in total. The van der Waals surface area contributed by atoms with Gasteiger partial charge in [0.05, 0.1) is 0 Å². The molecule has 23 heavy (non-hydrogen) atoms. The molecule has 8 heteroatoms. The number of fused-ring (bicyclic) bond motifs is 1. The number of sulfonamides is 1. The molecular weight excluding hydrogens is 326 g/mol. The quantitative estimate of drug-likeness (QED) is 0.867. The van der Waals surface area contributed by atoms with Crippen molar-refractivity contribution in [1.29, 1.82) is 0 Å². The Balaban J connectivity index is 1.73. The predicted molar refractivity (Wildman–Crippen MR) is 78.9 cm³/mol. The first-order valence-electron chi connectivity index (χ1n) is 7.52. The van der Waals surface area contributed by atoms with Crippen LogP contribution in [0.1, 0.15) is 19.8 Å². The molecule has 0 bridgehead atoms. The molecule has 1 aliphatic carbocycles. The fraction of sp³-hybridized carbons (Fsp3) is 0.533. The van der Waals surface area contributed by atoms with E-state index in [0.29, 0.717) is 12.5 Å². The molecule has 1 aromatic rings. The van der Waals surface area contributed by atoms with Gasteiger partial charge < -0.3 is 5.32 Å². The lowest BCUT2D eigenvalue weighted by molar-refractivity contribution is -0.119. The smallest absolute Gasteiger partial charge is 0.243 e. The van der Waals surface area contributed by atoms with Crippen molar-refractivity contribution in [1.82, 2.24) is 10.0 Å². The first kappa shape index (κ1) is 16.3. The minimum Gasteiger partial charge on any atom is -0.353 e. The summed E-state index contributed by atoms with van der Waals surface area (Å²) < 4.78 is 53.4. The highest BCUT2D eigenvalue weighted by Crippen LogP contribution is 2.41. The van der Waals surface area contributed by atoms with Gasteiger partial charge in [-0.3, -0.25) is 4.79 Å². The number of amides is 1. The van der Waals surface area contributed by atoms with E-state index in [1.807, 2.05) is 6.92 Å². The second-order valence-corrected chi connectivity index (χ2v) is 8.08. The minimum absolute atomic E-state index is 0.00987. The van der Waals surface area contributed by atoms with E-state index in [-0.39, 0.29) is 36.2 Å². The maximum atomic E-state index is 13.7. The molecule has 0 unspecified atom stereocenters. The van der Waals surface area contributed by atoms with Crippen LogP contribution in [0.5, 0.6) is 0 Å². The molecule has 3 rings (SSSR count). The van der Waals surface area contributed by atoms with Crippen LogP contribution in [0.2, 0.25) is 0 Å². The highest BCUT2D eigenvalue weighted by Gasteiger charge is 2.46. The molecule has 1 heterocycles. The van der Waals surface area contributed by atoms with Crippen LogP contribution >= 0.6 is 0 Å². The minimum atomic E-state index is -4.06. The van der Waals surface area contributed by atoms with Gasteiger partial charge in [-0.05, 0) is 36.3 Å².